The molecule has 1 atom stereocenters. The van der Waals surface area contributed by atoms with E-state index in [1.54, 1.807) is 53.4 Å². The average Bonchev–Trinajstić information content (AvgIpc) is 3.23. The molecule has 1 fully saturated rings. The van der Waals surface area contributed by atoms with Gasteiger partial charge < -0.3 is 10.2 Å². The molecule has 1 aliphatic rings. The van der Waals surface area contributed by atoms with E-state index in [1.165, 1.54) is 6.92 Å². The molecule has 0 radical (unpaired) electrons. The molecule has 8 heteroatoms. The summed E-state index contributed by atoms with van der Waals surface area (Å²) in [6.45, 7) is 4.83. The van der Waals surface area contributed by atoms with Crippen LogP contribution in [0.3, 0.4) is 0 Å². The molecule has 0 aliphatic carbocycles. The van der Waals surface area contributed by atoms with Crippen LogP contribution in [0, 0.1) is 6.92 Å². The van der Waals surface area contributed by atoms with E-state index in [2.05, 4.69) is 5.32 Å². The Morgan fingerprint density at radius 3 is 2.23 bits per heavy atom. The highest BCUT2D eigenvalue weighted by molar-refractivity contribution is 7.92. The molecule has 1 unspecified atom stereocenters. The second-order valence-corrected chi connectivity index (χ2v) is 9.46. The molecule has 2 aromatic carbocycles. The number of hydrogen-bond acceptors (Lipinski definition) is 4. The molecule has 2 aromatic rings. The zero-order valence-corrected chi connectivity index (χ0v) is 18.3. The van der Waals surface area contributed by atoms with Crippen molar-refractivity contribution in [2.45, 2.75) is 32.7 Å². The number of likely N-dealkylation sites (tertiary alicyclic amines) is 1. The Balaban J connectivity index is 1.85. The number of nitrogens with zero attached hydrogens (tertiary/aromatic N) is 2. The first-order valence-electron chi connectivity index (χ1n) is 9.94. The number of carbonyl (C=O) groups is 2. The summed E-state index contributed by atoms with van der Waals surface area (Å²) in [5.41, 5.74) is 2.18. The van der Waals surface area contributed by atoms with Crippen molar-refractivity contribution in [2.75, 3.05) is 29.0 Å². The third kappa shape index (κ3) is 4.81. The minimum Gasteiger partial charge on any atom is -0.339 e. The predicted molar refractivity (Wildman–Crippen MR) is 118 cm³/mol. The van der Waals surface area contributed by atoms with E-state index in [1.807, 2.05) is 6.92 Å². The molecule has 0 bridgehead atoms. The predicted octanol–water partition coefficient (Wildman–Crippen LogP) is 3.02. The number of hydrogen-bond donors (Lipinski definition) is 1. The summed E-state index contributed by atoms with van der Waals surface area (Å²) in [7, 11) is -3.71. The normalized spacial score (nSPS) is 15.0. The Labute approximate surface area is 177 Å². The van der Waals surface area contributed by atoms with Gasteiger partial charge in [-0.2, -0.15) is 0 Å². The number of benzene rings is 2. The number of aryl methyl sites for hydroxylation is 1. The van der Waals surface area contributed by atoms with Crippen molar-refractivity contribution < 1.29 is 18.0 Å². The van der Waals surface area contributed by atoms with E-state index in [0.29, 0.717) is 30.0 Å². The van der Waals surface area contributed by atoms with Gasteiger partial charge in [0.1, 0.15) is 6.04 Å². The fraction of sp³-hybridized carbons (Fsp3) is 0.364. The van der Waals surface area contributed by atoms with Crippen LogP contribution in [0.25, 0.3) is 0 Å². The summed E-state index contributed by atoms with van der Waals surface area (Å²) in [6.07, 6.45) is 3.01. The van der Waals surface area contributed by atoms with Gasteiger partial charge in [0.15, 0.2) is 0 Å². The van der Waals surface area contributed by atoms with Crippen molar-refractivity contribution in [1.29, 1.82) is 0 Å². The van der Waals surface area contributed by atoms with E-state index in [-0.39, 0.29) is 5.91 Å². The summed E-state index contributed by atoms with van der Waals surface area (Å²) < 4.78 is 26.0. The van der Waals surface area contributed by atoms with Crippen LogP contribution >= 0.6 is 0 Å². The Bertz CT molecular complexity index is 1030. The van der Waals surface area contributed by atoms with E-state index < -0.39 is 22.0 Å². The van der Waals surface area contributed by atoms with Gasteiger partial charge in [-0.05, 0) is 51.0 Å². The van der Waals surface area contributed by atoms with Gasteiger partial charge in [-0.1, -0.05) is 29.8 Å². The van der Waals surface area contributed by atoms with Gasteiger partial charge in [0.25, 0.3) is 5.91 Å². The molecule has 0 spiro atoms. The first kappa shape index (κ1) is 21.8. The van der Waals surface area contributed by atoms with Crippen LogP contribution in [0.5, 0.6) is 0 Å². The first-order valence-corrected chi connectivity index (χ1v) is 11.8. The smallest absolute Gasteiger partial charge is 0.255 e. The maximum absolute atomic E-state index is 13.0. The molecule has 30 heavy (non-hydrogen) atoms. The Morgan fingerprint density at radius 2 is 1.63 bits per heavy atom. The number of para-hydroxylation sites is 1. The zero-order valence-electron chi connectivity index (χ0n) is 17.5. The quantitative estimate of drug-likeness (QED) is 0.765. The van der Waals surface area contributed by atoms with Crippen molar-refractivity contribution in [3.63, 3.8) is 0 Å². The number of sulfonamides is 1. The van der Waals surface area contributed by atoms with E-state index in [0.717, 1.165) is 29.0 Å². The molecule has 7 nitrogen and oxygen atoms in total. The summed E-state index contributed by atoms with van der Waals surface area (Å²) in [5.74, 6) is -0.641. The molecule has 0 saturated carbocycles. The topological polar surface area (TPSA) is 86.8 Å². The van der Waals surface area contributed by atoms with Crippen LogP contribution in [-0.4, -0.2) is 50.5 Å². The van der Waals surface area contributed by atoms with Crippen LogP contribution in [0.2, 0.25) is 0 Å². The molecule has 1 heterocycles. The highest BCUT2D eigenvalue weighted by atomic mass is 32.2. The Hall–Kier alpha value is -2.87. The lowest BCUT2D eigenvalue weighted by Gasteiger charge is -2.28. The second kappa shape index (κ2) is 8.87. The summed E-state index contributed by atoms with van der Waals surface area (Å²) in [5, 5.41) is 2.76. The van der Waals surface area contributed by atoms with Gasteiger partial charge in [0, 0.05) is 13.1 Å². The van der Waals surface area contributed by atoms with Crippen LogP contribution < -0.4 is 9.62 Å². The molecule has 1 saturated heterocycles. The Kier molecular flexibility index (Phi) is 6.45. The van der Waals surface area contributed by atoms with Crippen molar-refractivity contribution in [3.8, 4) is 0 Å². The first-order chi connectivity index (χ1) is 14.2. The van der Waals surface area contributed by atoms with E-state index in [4.69, 9.17) is 0 Å². The average molecular weight is 430 g/mol. The number of carbonyl (C=O) groups excluding carboxylic acids is 2. The third-order valence-electron chi connectivity index (χ3n) is 5.19. The fourth-order valence-electron chi connectivity index (χ4n) is 3.61. The number of nitrogens with one attached hydrogen (secondary N) is 1. The molecule has 2 amide bonds. The zero-order chi connectivity index (χ0) is 21.9. The van der Waals surface area contributed by atoms with E-state index in [9.17, 15) is 18.0 Å². The van der Waals surface area contributed by atoms with Crippen LogP contribution in [-0.2, 0) is 14.8 Å². The lowest BCUT2D eigenvalue weighted by atomic mass is 10.1. The van der Waals surface area contributed by atoms with Gasteiger partial charge in [0.2, 0.25) is 15.9 Å². The molecule has 160 valence electrons. The fourth-order valence-corrected chi connectivity index (χ4v) is 4.78. The number of anilines is 2. The maximum Gasteiger partial charge on any atom is 0.255 e. The maximum atomic E-state index is 13.0. The molecule has 1 N–H and O–H groups in total. The van der Waals surface area contributed by atoms with Gasteiger partial charge in [-0.25, -0.2) is 8.42 Å². The SMILES string of the molecule is Cc1ccc(N(C(C)C(=O)Nc2ccccc2C(=O)N2CCCC2)S(C)(=O)=O)cc1. The van der Waals surface area contributed by atoms with Crippen molar-refractivity contribution in [2.24, 2.45) is 0 Å². The van der Waals surface area contributed by atoms with Gasteiger partial charge in [-0.15, -0.1) is 0 Å². The summed E-state index contributed by atoms with van der Waals surface area (Å²) in [6, 6.07) is 12.7. The number of amides is 2. The molecule has 1 aliphatic heterocycles. The standard InChI is InChI=1S/C22H27N3O4S/c1-16-10-12-18(13-11-16)25(30(3,28)29)17(2)21(26)23-20-9-5-4-8-19(20)22(27)24-14-6-7-15-24/h4-5,8-13,17H,6-7,14-15H2,1-3H3,(H,23,26). The lowest BCUT2D eigenvalue weighted by Crippen LogP contribution is -2.45. The van der Waals surface area contributed by atoms with Crippen LogP contribution in [0.4, 0.5) is 11.4 Å². The van der Waals surface area contributed by atoms with Gasteiger partial charge in [0.05, 0.1) is 23.2 Å². The van der Waals surface area contributed by atoms with Crippen molar-refractivity contribution in [1.82, 2.24) is 4.90 Å². The number of rotatable bonds is 6. The van der Waals surface area contributed by atoms with Crippen LogP contribution in [0.1, 0.15) is 35.7 Å². The third-order valence-corrected chi connectivity index (χ3v) is 6.43. The minimum absolute atomic E-state index is 0.130. The lowest BCUT2D eigenvalue weighted by molar-refractivity contribution is -0.116. The van der Waals surface area contributed by atoms with E-state index >= 15 is 0 Å². The van der Waals surface area contributed by atoms with Gasteiger partial charge >= 0.3 is 0 Å². The van der Waals surface area contributed by atoms with Gasteiger partial charge in [-0.3, -0.25) is 13.9 Å². The van der Waals surface area contributed by atoms with Crippen molar-refractivity contribution in [3.05, 3.63) is 59.7 Å². The minimum atomic E-state index is -3.71. The summed E-state index contributed by atoms with van der Waals surface area (Å²) in [4.78, 5) is 27.6. The molecule has 3 rings (SSSR count). The highest BCUT2D eigenvalue weighted by Gasteiger charge is 2.30. The molecular formula is C22H27N3O4S. The Morgan fingerprint density at radius 1 is 1.03 bits per heavy atom. The summed E-state index contributed by atoms with van der Waals surface area (Å²) >= 11 is 0. The molecule has 0 aromatic heterocycles. The monoisotopic (exact) mass is 429 g/mol. The van der Waals surface area contributed by atoms with Crippen molar-refractivity contribution >= 4 is 33.2 Å². The largest absolute Gasteiger partial charge is 0.339 e. The molecular weight excluding hydrogens is 402 g/mol. The highest BCUT2D eigenvalue weighted by Crippen LogP contribution is 2.24. The second-order valence-electron chi connectivity index (χ2n) is 7.60. The van der Waals surface area contributed by atoms with Crippen LogP contribution in [0.15, 0.2) is 48.5 Å².